The summed E-state index contributed by atoms with van der Waals surface area (Å²) in [5, 5.41) is 5.40. The van der Waals surface area contributed by atoms with Gasteiger partial charge in [-0.1, -0.05) is 23.0 Å². The Balaban J connectivity index is 2.06. The van der Waals surface area contributed by atoms with Crippen LogP contribution in [0, 0.1) is 0 Å². The standard InChI is InChI=1S/C11H13ClN4OS/c1-2-7-5-8(3-4-9(7)12)17-6-10-11(14-13)18-16-15-10/h3-5,14H,2,6,13H2,1H3. The lowest BCUT2D eigenvalue weighted by molar-refractivity contribution is 0.301. The molecule has 3 N–H and O–H groups in total. The van der Waals surface area contributed by atoms with Crippen LogP contribution in [-0.2, 0) is 13.0 Å². The van der Waals surface area contributed by atoms with E-state index in [0.717, 1.165) is 22.8 Å². The molecule has 7 heteroatoms. The molecule has 0 radical (unpaired) electrons. The molecule has 0 amide bonds. The van der Waals surface area contributed by atoms with Crippen LogP contribution in [0.5, 0.6) is 5.75 Å². The minimum absolute atomic E-state index is 0.320. The number of ether oxygens (including phenoxy) is 1. The number of benzene rings is 1. The molecular weight excluding hydrogens is 272 g/mol. The molecule has 96 valence electrons. The third-order valence-electron chi connectivity index (χ3n) is 2.46. The van der Waals surface area contributed by atoms with E-state index >= 15 is 0 Å². The normalized spacial score (nSPS) is 10.4. The third-order valence-corrected chi connectivity index (χ3v) is 3.53. The summed E-state index contributed by atoms with van der Waals surface area (Å²) in [5.41, 5.74) is 4.28. The van der Waals surface area contributed by atoms with Gasteiger partial charge < -0.3 is 10.2 Å². The lowest BCUT2D eigenvalue weighted by atomic mass is 10.1. The second-order valence-electron chi connectivity index (χ2n) is 3.59. The summed E-state index contributed by atoms with van der Waals surface area (Å²) < 4.78 is 9.44. The van der Waals surface area contributed by atoms with E-state index in [9.17, 15) is 0 Å². The number of rotatable bonds is 5. The van der Waals surface area contributed by atoms with Crippen LogP contribution < -0.4 is 16.0 Å². The summed E-state index contributed by atoms with van der Waals surface area (Å²) in [6.07, 6.45) is 0.865. The first kappa shape index (κ1) is 13.1. The fourth-order valence-corrected chi connectivity index (χ4v) is 2.21. The van der Waals surface area contributed by atoms with Gasteiger partial charge in [0.15, 0.2) is 5.00 Å². The van der Waals surface area contributed by atoms with Crippen LogP contribution in [0.15, 0.2) is 18.2 Å². The van der Waals surface area contributed by atoms with Crippen molar-refractivity contribution < 1.29 is 4.74 Å². The van der Waals surface area contributed by atoms with Gasteiger partial charge in [-0.15, -0.1) is 5.10 Å². The number of hydrogen-bond acceptors (Lipinski definition) is 6. The number of hydrazine groups is 1. The van der Waals surface area contributed by atoms with Gasteiger partial charge in [-0.25, -0.2) is 5.84 Å². The molecule has 1 aromatic carbocycles. The van der Waals surface area contributed by atoms with E-state index in [4.69, 9.17) is 22.2 Å². The van der Waals surface area contributed by atoms with Crippen LogP contribution in [0.3, 0.4) is 0 Å². The maximum Gasteiger partial charge on any atom is 0.150 e. The second kappa shape index (κ2) is 5.99. The number of nitrogens with one attached hydrogen (secondary N) is 1. The maximum absolute atomic E-state index is 6.04. The average molecular weight is 285 g/mol. The molecule has 0 aliphatic rings. The maximum atomic E-state index is 6.04. The molecule has 0 saturated carbocycles. The molecule has 0 saturated heterocycles. The van der Waals surface area contributed by atoms with Gasteiger partial charge in [0.25, 0.3) is 0 Å². The predicted octanol–water partition coefficient (Wildman–Crippen LogP) is 2.62. The number of aromatic nitrogens is 2. The fraction of sp³-hybridized carbons (Fsp3) is 0.273. The van der Waals surface area contributed by atoms with Crippen molar-refractivity contribution in [3.05, 3.63) is 34.5 Å². The molecule has 2 rings (SSSR count). The molecule has 1 heterocycles. The molecule has 0 bridgehead atoms. The van der Waals surface area contributed by atoms with Gasteiger partial charge >= 0.3 is 0 Å². The molecule has 2 aromatic rings. The zero-order valence-corrected chi connectivity index (χ0v) is 11.4. The number of halogens is 1. The number of aryl methyl sites for hydroxylation is 1. The Morgan fingerprint density at radius 2 is 2.33 bits per heavy atom. The van der Waals surface area contributed by atoms with Gasteiger partial charge in [0.05, 0.1) is 0 Å². The summed E-state index contributed by atoms with van der Waals surface area (Å²) in [7, 11) is 0. The lowest BCUT2D eigenvalue weighted by Crippen LogP contribution is -2.08. The van der Waals surface area contributed by atoms with E-state index in [2.05, 4.69) is 15.0 Å². The topological polar surface area (TPSA) is 73.1 Å². The predicted molar refractivity (Wildman–Crippen MR) is 72.9 cm³/mol. The number of nitrogens with two attached hydrogens (primary N) is 1. The van der Waals surface area contributed by atoms with Crippen LogP contribution in [0.2, 0.25) is 5.02 Å². The lowest BCUT2D eigenvalue weighted by Gasteiger charge is -2.08. The Morgan fingerprint density at radius 3 is 3.06 bits per heavy atom. The van der Waals surface area contributed by atoms with Crippen LogP contribution in [-0.4, -0.2) is 9.59 Å². The Kier molecular flexibility index (Phi) is 4.35. The monoisotopic (exact) mass is 284 g/mol. The van der Waals surface area contributed by atoms with Crippen molar-refractivity contribution in [2.24, 2.45) is 5.84 Å². The molecule has 0 aliphatic carbocycles. The first-order valence-corrected chi connectivity index (χ1v) is 6.58. The van der Waals surface area contributed by atoms with Crippen molar-refractivity contribution in [2.75, 3.05) is 5.43 Å². The number of nitrogen functional groups attached to an aromatic ring is 1. The highest BCUT2D eigenvalue weighted by Crippen LogP contribution is 2.24. The highest BCUT2D eigenvalue weighted by Gasteiger charge is 2.08. The summed E-state index contributed by atoms with van der Waals surface area (Å²) in [6.45, 7) is 2.37. The highest BCUT2D eigenvalue weighted by molar-refractivity contribution is 7.10. The van der Waals surface area contributed by atoms with Crippen LogP contribution in [0.1, 0.15) is 18.2 Å². The first-order valence-electron chi connectivity index (χ1n) is 5.43. The van der Waals surface area contributed by atoms with Crippen molar-refractivity contribution in [1.82, 2.24) is 9.59 Å². The molecule has 1 aromatic heterocycles. The van der Waals surface area contributed by atoms with Gasteiger partial charge in [-0.2, -0.15) is 0 Å². The van der Waals surface area contributed by atoms with Crippen LogP contribution in [0.25, 0.3) is 0 Å². The van der Waals surface area contributed by atoms with E-state index in [1.165, 1.54) is 11.5 Å². The van der Waals surface area contributed by atoms with E-state index in [1.54, 1.807) is 0 Å². The van der Waals surface area contributed by atoms with Gasteiger partial charge in [0.2, 0.25) is 0 Å². The molecule has 0 fully saturated rings. The minimum atomic E-state index is 0.320. The summed E-state index contributed by atoms with van der Waals surface area (Å²) in [6, 6.07) is 5.59. The minimum Gasteiger partial charge on any atom is -0.487 e. The van der Waals surface area contributed by atoms with Crippen LogP contribution >= 0.6 is 23.1 Å². The Bertz CT molecular complexity index is 532. The van der Waals surface area contributed by atoms with Gasteiger partial charge in [0.1, 0.15) is 18.1 Å². The quantitative estimate of drug-likeness (QED) is 0.652. The molecular formula is C11H13ClN4OS. The molecule has 5 nitrogen and oxygen atoms in total. The van der Waals surface area contributed by atoms with Crippen LogP contribution in [0.4, 0.5) is 5.00 Å². The zero-order valence-electron chi connectivity index (χ0n) is 9.81. The molecule has 0 aliphatic heterocycles. The molecule has 0 unspecified atom stereocenters. The molecule has 18 heavy (non-hydrogen) atoms. The SMILES string of the molecule is CCc1cc(OCc2nnsc2NN)ccc1Cl. The van der Waals surface area contributed by atoms with E-state index in [1.807, 2.05) is 25.1 Å². The average Bonchev–Trinajstić information content (AvgIpc) is 2.85. The van der Waals surface area contributed by atoms with Gasteiger partial charge in [-0.05, 0) is 30.2 Å². The molecule has 0 atom stereocenters. The van der Waals surface area contributed by atoms with E-state index in [-0.39, 0.29) is 0 Å². The third kappa shape index (κ3) is 2.90. The Hall–Kier alpha value is -1.37. The van der Waals surface area contributed by atoms with E-state index < -0.39 is 0 Å². The summed E-state index contributed by atoms with van der Waals surface area (Å²) in [4.78, 5) is 0. The van der Waals surface area contributed by atoms with Crippen molar-refractivity contribution in [3.63, 3.8) is 0 Å². The first-order chi connectivity index (χ1) is 8.74. The number of nitrogens with zero attached hydrogens (tertiary/aromatic N) is 2. The smallest absolute Gasteiger partial charge is 0.150 e. The highest BCUT2D eigenvalue weighted by atomic mass is 35.5. The summed E-state index contributed by atoms with van der Waals surface area (Å²) >= 11 is 7.24. The van der Waals surface area contributed by atoms with Crippen molar-refractivity contribution in [3.8, 4) is 5.75 Å². The van der Waals surface area contributed by atoms with E-state index in [0.29, 0.717) is 17.3 Å². The number of hydrogen-bond donors (Lipinski definition) is 2. The Labute approximate surface area is 114 Å². The molecule has 0 spiro atoms. The zero-order chi connectivity index (χ0) is 13.0. The largest absolute Gasteiger partial charge is 0.487 e. The van der Waals surface area contributed by atoms with Crippen molar-refractivity contribution >= 4 is 28.1 Å². The van der Waals surface area contributed by atoms with Gasteiger partial charge in [-0.3, -0.25) is 0 Å². The second-order valence-corrected chi connectivity index (χ2v) is 4.75. The Morgan fingerprint density at radius 1 is 1.50 bits per heavy atom. The van der Waals surface area contributed by atoms with Crippen molar-refractivity contribution in [2.45, 2.75) is 20.0 Å². The fourth-order valence-electron chi connectivity index (χ4n) is 1.48. The number of anilines is 1. The van der Waals surface area contributed by atoms with Gasteiger partial charge in [0, 0.05) is 16.6 Å². The summed E-state index contributed by atoms with van der Waals surface area (Å²) in [5.74, 6) is 6.09. The van der Waals surface area contributed by atoms with Crippen molar-refractivity contribution in [1.29, 1.82) is 0 Å².